The lowest BCUT2D eigenvalue weighted by atomic mass is 10.2. The highest BCUT2D eigenvalue weighted by Crippen LogP contribution is 2.34. The third-order valence-electron chi connectivity index (χ3n) is 3.04. The van der Waals surface area contributed by atoms with E-state index < -0.39 is 9.96 Å². The molecule has 20 heavy (non-hydrogen) atoms. The van der Waals surface area contributed by atoms with Gasteiger partial charge in [-0.1, -0.05) is 53.0 Å². The normalized spacial score (nSPS) is 17.1. The number of hydrogen-bond donors (Lipinski definition) is 1. The Bertz CT molecular complexity index is 502. The second-order valence-corrected chi connectivity index (χ2v) is 6.84. The van der Waals surface area contributed by atoms with Crippen LogP contribution in [0.4, 0.5) is 0 Å². The lowest BCUT2D eigenvalue weighted by molar-refractivity contribution is -0.129. The summed E-state index contributed by atoms with van der Waals surface area (Å²) in [6.45, 7) is 0.465. The summed E-state index contributed by atoms with van der Waals surface area (Å²) in [5.41, 5.74) is 0.443. The van der Waals surface area contributed by atoms with Crippen LogP contribution in [0.2, 0.25) is 0 Å². The van der Waals surface area contributed by atoms with E-state index in [0.29, 0.717) is 24.9 Å². The summed E-state index contributed by atoms with van der Waals surface area (Å²) in [5, 5.41) is 2.62. The van der Waals surface area contributed by atoms with E-state index in [1.165, 1.54) is 4.90 Å². The van der Waals surface area contributed by atoms with E-state index in [0.717, 1.165) is 0 Å². The number of nitrogens with zero attached hydrogens (tertiary/aromatic N) is 1. The van der Waals surface area contributed by atoms with E-state index in [2.05, 4.69) is 5.32 Å². The summed E-state index contributed by atoms with van der Waals surface area (Å²) >= 11 is 17.7. The van der Waals surface area contributed by atoms with Gasteiger partial charge >= 0.3 is 0 Å². The monoisotopic (exact) mass is 334 g/mol. The van der Waals surface area contributed by atoms with Gasteiger partial charge in [-0.05, 0) is 18.6 Å². The molecule has 2 rings (SSSR count). The molecule has 1 N–H and O–H groups in total. The van der Waals surface area contributed by atoms with Gasteiger partial charge in [-0.25, -0.2) is 0 Å². The number of nitrogens with one attached hydrogen (secondary N) is 1. The second-order valence-electron chi connectivity index (χ2n) is 4.47. The first kappa shape index (κ1) is 15.4. The Kier molecular flexibility index (Phi) is 4.78. The molecule has 1 atom stereocenters. The molecule has 0 saturated carbocycles. The van der Waals surface area contributed by atoms with Crippen molar-refractivity contribution in [2.45, 2.75) is 22.8 Å². The fourth-order valence-electron chi connectivity index (χ4n) is 2.08. The molecule has 0 aliphatic carbocycles. The lowest BCUT2D eigenvalue weighted by Crippen LogP contribution is -2.55. The van der Waals surface area contributed by atoms with Crippen LogP contribution in [0.1, 0.15) is 23.2 Å². The van der Waals surface area contributed by atoms with Gasteiger partial charge in [0.2, 0.25) is 9.70 Å². The molecule has 0 aromatic heterocycles. The number of rotatable bonds is 3. The van der Waals surface area contributed by atoms with Crippen LogP contribution in [0.25, 0.3) is 0 Å². The van der Waals surface area contributed by atoms with Crippen LogP contribution < -0.4 is 5.32 Å². The van der Waals surface area contributed by atoms with Crippen molar-refractivity contribution >= 4 is 46.6 Å². The van der Waals surface area contributed by atoms with E-state index in [4.69, 9.17) is 34.8 Å². The van der Waals surface area contributed by atoms with Crippen molar-refractivity contribution in [2.75, 3.05) is 6.54 Å². The van der Waals surface area contributed by atoms with Crippen LogP contribution >= 0.6 is 34.8 Å². The zero-order chi connectivity index (χ0) is 14.8. The van der Waals surface area contributed by atoms with Gasteiger partial charge in [-0.15, -0.1) is 0 Å². The zero-order valence-corrected chi connectivity index (χ0v) is 12.8. The number of amides is 2. The maximum Gasteiger partial charge on any atom is 0.252 e. The van der Waals surface area contributed by atoms with Crippen LogP contribution in [0, 0.1) is 0 Å². The molecule has 1 aromatic rings. The first-order valence-corrected chi connectivity index (χ1v) is 7.25. The zero-order valence-electron chi connectivity index (χ0n) is 10.5. The molecule has 1 saturated heterocycles. The number of benzene rings is 1. The Hall–Kier alpha value is -0.970. The van der Waals surface area contributed by atoms with E-state index in [1.807, 2.05) is 0 Å². The SMILES string of the molecule is O=C(NC(N1CCCC1=O)C(Cl)(Cl)Cl)c1ccccc1. The Morgan fingerprint density at radius 1 is 1.25 bits per heavy atom. The van der Waals surface area contributed by atoms with Crippen LogP contribution in [0.15, 0.2) is 30.3 Å². The fourth-order valence-corrected chi connectivity index (χ4v) is 2.59. The van der Waals surface area contributed by atoms with Crippen molar-refractivity contribution in [3.05, 3.63) is 35.9 Å². The predicted molar refractivity (Wildman–Crippen MR) is 78.9 cm³/mol. The van der Waals surface area contributed by atoms with Crippen molar-refractivity contribution in [3.8, 4) is 0 Å². The van der Waals surface area contributed by atoms with Gasteiger partial charge in [0.1, 0.15) is 0 Å². The second kappa shape index (κ2) is 6.20. The predicted octanol–water partition coefficient (Wildman–Crippen LogP) is 2.74. The molecule has 0 radical (unpaired) electrons. The smallest absolute Gasteiger partial charge is 0.252 e. The van der Waals surface area contributed by atoms with E-state index >= 15 is 0 Å². The number of carbonyl (C=O) groups excluding carboxylic acids is 2. The van der Waals surface area contributed by atoms with E-state index in [-0.39, 0.29) is 11.8 Å². The van der Waals surface area contributed by atoms with Crippen LogP contribution in [-0.2, 0) is 4.79 Å². The molecule has 1 aliphatic heterocycles. The molecule has 108 valence electrons. The van der Waals surface area contributed by atoms with Crippen LogP contribution in [0.3, 0.4) is 0 Å². The standard InChI is InChI=1S/C13H13Cl3N2O2/c14-13(15,16)12(18-8-4-7-10(18)19)17-11(20)9-5-2-1-3-6-9/h1-3,5-6,12H,4,7-8H2,(H,17,20). The minimum Gasteiger partial charge on any atom is -0.328 e. The van der Waals surface area contributed by atoms with Gasteiger partial charge in [0.05, 0.1) is 0 Å². The van der Waals surface area contributed by atoms with Gasteiger partial charge in [-0.3, -0.25) is 9.59 Å². The number of carbonyl (C=O) groups is 2. The summed E-state index contributed by atoms with van der Waals surface area (Å²) in [5.74, 6) is -0.517. The molecule has 1 fully saturated rings. The molecule has 0 bridgehead atoms. The number of likely N-dealkylation sites (tertiary alicyclic amines) is 1. The van der Waals surface area contributed by atoms with Crippen molar-refractivity contribution in [2.24, 2.45) is 0 Å². The van der Waals surface area contributed by atoms with E-state index in [9.17, 15) is 9.59 Å². The lowest BCUT2D eigenvalue weighted by Gasteiger charge is -2.33. The Labute approximate surface area is 132 Å². The van der Waals surface area contributed by atoms with Crippen molar-refractivity contribution in [3.63, 3.8) is 0 Å². The minimum atomic E-state index is -1.79. The number of halogens is 3. The fraction of sp³-hybridized carbons (Fsp3) is 0.385. The summed E-state index contributed by atoms with van der Waals surface area (Å²) in [6, 6.07) is 8.57. The van der Waals surface area contributed by atoms with Crippen molar-refractivity contribution in [1.29, 1.82) is 0 Å². The van der Waals surface area contributed by atoms with Gasteiger partial charge in [0, 0.05) is 18.5 Å². The number of hydrogen-bond acceptors (Lipinski definition) is 2. The Morgan fingerprint density at radius 2 is 1.90 bits per heavy atom. The quantitative estimate of drug-likeness (QED) is 0.864. The third kappa shape index (κ3) is 3.57. The molecule has 7 heteroatoms. The van der Waals surface area contributed by atoms with E-state index in [1.54, 1.807) is 30.3 Å². The van der Waals surface area contributed by atoms with Gasteiger partial charge in [-0.2, -0.15) is 0 Å². The molecule has 1 aliphatic rings. The molecule has 2 amide bonds. The van der Waals surface area contributed by atoms with Crippen LogP contribution in [-0.4, -0.2) is 33.2 Å². The largest absolute Gasteiger partial charge is 0.328 e. The molecule has 0 spiro atoms. The van der Waals surface area contributed by atoms with Crippen molar-refractivity contribution in [1.82, 2.24) is 10.2 Å². The first-order valence-electron chi connectivity index (χ1n) is 6.11. The van der Waals surface area contributed by atoms with Gasteiger partial charge in [0.15, 0.2) is 6.17 Å². The summed E-state index contributed by atoms with van der Waals surface area (Å²) in [6.07, 6.45) is 0.116. The summed E-state index contributed by atoms with van der Waals surface area (Å²) < 4.78 is -1.79. The Morgan fingerprint density at radius 3 is 2.40 bits per heavy atom. The molecule has 1 heterocycles. The van der Waals surface area contributed by atoms with Gasteiger partial charge in [0.25, 0.3) is 5.91 Å². The Balaban J connectivity index is 2.17. The van der Waals surface area contributed by atoms with Gasteiger partial charge < -0.3 is 10.2 Å². The maximum absolute atomic E-state index is 12.1. The average Bonchev–Trinajstić information content (AvgIpc) is 2.81. The summed E-state index contributed by atoms with van der Waals surface area (Å²) in [4.78, 5) is 25.3. The van der Waals surface area contributed by atoms with Crippen LogP contribution in [0.5, 0.6) is 0 Å². The highest BCUT2D eigenvalue weighted by Gasteiger charge is 2.42. The molecule has 1 aromatic carbocycles. The minimum absolute atomic E-state index is 0.130. The maximum atomic E-state index is 12.1. The third-order valence-corrected chi connectivity index (χ3v) is 3.66. The molecule has 4 nitrogen and oxygen atoms in total. The number of alkyl halides is 3. The highest BCUT2D eigenvalue weighted by molar-refractivity contribution is 6.68. The molecular formula is C13H13Cl3N2O2. The average molecular weight is 336 g/mol. The molecular weight excluding hydrogens is 323 g/mol. The van der Waals surface area contributed by atoms with Crippen molar-refractivity contribution < 1.29 is 9.59 Å². The molecule has 1 unspecified atom stereocenters. The topological polar surface area (TPSA) is 49.4 Å². The first-order chi connectivity index (χ1) is 9.39. The highest BCUT2D eigenvalue weighted by atomic mass is 35.6. The summed E-state index contributed by atoms with van der Waals surface area (Å²) in [7, 11) is 0.